The Hall–Kier alpha value is -0.540. The van der Waals surface area contributed by atoms with Crippen LogP contribution in [0.2, 0.25) is 0 Å². The summed E-state index contributed by atoms with van der Waals surface area (Å²) in [7, 11) is 0. The Kier molecular flexibility index (Phi) is 3.87. The molecule has 0 saturated carbocycles. The second kappa shape index (κ2) is 5.19. The number of halogens is 1. The summed E-state index contributed by atoms with van der Waals surface area (Å²) in [4.78, 5) is 2.47. The average molecular weight is 283 g/mol. The van der Waals surface area contributed by atoms with Crippen LogP contribution in [0.1, 0.15) is 18.9 Å². The van der Waals surface area contributed by atoms with Gasteiger partial charge in [0.25, 0.3) is 0 Å². The number of nitrogens with one attached hydrogen (secondary N) is 1. The molecule has 0 spiro atoms. The van der Waals surface area contributed by atoms with Crippen molar-refractivity contribution < 1.29 is 0 Å². The molecule has 1 aromatic rings. The molecular weight excluding hydrogens is 264 g/mol. The fourth-order valence-corrected chi connectivity index (χ4v) is 2.34. The summed E-state index contributed by atoms with van der Waals surface area (Å²) >= 11 is 3.55. The lowest BCUT2D eigenvalue weighted by atomic mass is 10.2. The molecule has 1 atom stereocenters. The number of hydrogen-bond donors (Lipinski definition) is 1. The molecule has 1 fully saturated rings. The molecule has 1 saturated heterocycles. The van der Waals surface area contributed by atoms with Crippen LogP contribution in [0.4, 0.5) is 5.69 Å². The minimum Gasteiger partial charge on any atom is -0.370 e. The minimum absolute atomic E-state index is 0.640. The van der Waals surface area contributed by atoms with Gasteiger partial charge < -0.3 is 10.2 Å². The smallest absolute Gasteiger partial charge is 0.0370 e. The van der Waals surface area contributed by atoms with Crippen LogP contribution in [0.3, 0.4) is 0 Å². The van der Waals surface area contributed by atoms with Crippen molar-refractivity contribution in [3.63, 3.8) is 0 Å². The van der Waals surface area contributed by atoms with Gasteiger partial charge in [0.05, 0.1) is 0 Å². The fourth-order valence-electron chi connectivity index (χ4n) is 2.09. The van der Waals surface area contributed by atoms with Gasteiger partial charge in [-0.25, -0.2) is 0 Å². The highest BCUT2D eigenvalue weighted by Crippen LogP contribution is 2.23. The molecule has 0 bridgehead atoms. The van der Waals surface area contributed by atoms with Gasteiger partial charge in [-0.1, -0.05) is 15.9 Å². The second-order valence-electron chi connectivity index (χ2n) is 4.56. The molecule has 1 N–H and O–H groups in total. The Morgan fingerprint density at radius 3 is 2.94 bits per heavy atom. The summed E-state index contributed by atoms with van der Waals surface area (Å²) < 4.78 is 1.19. The molecule has 1 aromatic carbocycles. The first-order valence-corrected chi connectivity index (χ1v) is 6.70. The summed E-state index contributed by atoms with van der Waals surface area (Å²) in [6.07, 6.45) is 1.22. The van der Waals surface area contributed by atoms with E-state index in [0.717, 1.165) is 19.6 Å². The van der Waals surface area contributed by atoms with E-state index in [9.17, 15) is 0 Å². The molecule has 2 nitrogen and oxygen atoms in total. The second-order valence-corrected chi connectivity index (χ2v) is 5.42. The lowest BCUT2D eigenvalue weighted by Crippen LogP contribution is -2.28. The summed E-state index contributed by atoms with van der Waals surface area (Å²) in [6, 6.07) is 7.25. The number of hydrogen-bond acceptors (Lipinski definition) is 2. The van der Waals surface area contributed by atoms with Crippen molar-refractivity contribution in [2.45, 2.75) is 26.3 Å². The summed E-state index contributed by atoms with van der Waals surface area (Å²) in [5, 5.41) is 3.52. The Bertz CT molecular complexity index is 365. The molecule has 2 rings (SSSR count). The van der Waals surface area contributed by atoms with Gasteiger partial charge in [0.2, 0.25) is 0 Å². The van der Waals surface area contributed by atoms with E-state index in [4.69, 9.17) is 0 Å². The largest absolute Gasteiger partial charge is 0.370 e. The van der Waals surface area contributed by atoms with E-state index in [-0.39, 0.29) is 0 Å². The third kappa shape index (κ3) is 2.77. The predicted octanol–water partition coefficient (Wildman–Crippen LogP) is 2.95. The number of benzene rings is 1. The van der Waals surface area contributed by atoms with E-state index in [1.54, 1.807) is 0 Å². The van der Waals surface area contributed by atoms with Gasteiger partial charge in [-0.15, -0.1) is 0 Å². The molecule has 1 unspecified atom stereocenters. The Morgan fingerprint density at radius 1 is 1.38 bits per heavy atom. The molecule has 0 amide bonds. The monoisotopic (exact) mass is 282 g/mol. The zero-order valence-corrected chi connectivity index (χ0v) is 11.5. The van der Waals surface area contributed by atoms with E-state index < -0.39 is 0 Å². The minimum atomic E-state index is 0.640. The van der Waals surface area contributed by atoms with Crippen LogP contribution in [0.15, 0.2) is 22.7 Å². The van der Waals surface area contributed by atoms with Gasteiger partial charge in [0.15, 0.2) is 0 Å². The van der Waals surface area contributed by atoms with E-state index in [1.807, 2.05) is 0 Å². The van der Waals surface area contributed by atoms with Crippen LogP contribution in [-0.4, -0.2) is 25.7 Å². The van der Waals surface area contributed by atoms with E-state index in [0.29, 0.717) is 6.04 Å². The molecule has 1 aliphatic rings. The standard InChI is InChI=1S/C13H19BrN2/c1-10-9-12(3-4-13(10)14)16-7-5-11(2)15-6-8-16/h3-4,9,11,15H,5-8H2,1-2H3. The Balaban J connectivity index is 2.13. The van der Waals surface area contributed by atoms with Crippen LogP contribution in [0.5, 0.6) is 0 Å². The molecule has 3 heteroatoms. The van der Waals surface area contributed by atoms with E-state index in [1.165, 1.54) is 22.1 Å². The molecular formula is C13H19BrN2. The third-order valence-electron chi connectivity index (χ3n) is 3.21. The zero-order chi connectivity index (χ0) is 11.5. The normalized spacial score (nSPS) is 21.9. The topological polar surface area (TPSA) is 15.3 Å². The number of rotatable bonds is 1. The molecule has 16 heavy (non-hydrogen) atoms. The SMILES string of the molecule is Cc1cc(N2CCNC(C)CC2)ccc1Br. The van der Waals surface area contributed by atoms with Crippen molar-refractivity contribution in [2.24, 2.45) is 0 Å². The maximum atomic E-state index is 3.55. The molecule has 1 aliphatic heterocycles. The van der Waals surface area contributed by atoms with Crippen molar-refractivity contribution in [3.8, 4) is 0 Å². The zero-order valence-electron chi connectivity index (χ0n) is 9.96. The molecule has 0 aliphatic carbocycles. The Labute approximate surface area is 106 Å². The highest BCUT2D eigenvalue weighted by Gasteiger charge is 2.13. The maximum absolute atomic E-state index is 3.55. The van der Waals surface area contributed by atoms with Crippen LogP contribution in [-0.2, 0) is 0 Å². The van der Waals surface area contributed by atoms with Crippen molar-refractivity contribution in [1.29, 1.82) is 0 Å². The van der Waals surface area contributed by atoms with Crippen LogP contribution < -0.4 is 10.2 Å². The summed E-state index contributed by atoms with van der Waals surface area (Å²) in [5.41, 5.74) is 2.65. The van der Waals surface area contributed by atoms with Crippen LogP contribution in [0.25, 0.3) is 0 Å². The van der Waals surface area contributed by atoms with E-state index >= 15 is 0 Å². The van der Waals surface area contributed by atoms with Gasteiger partial charge in [0, 0.05) is 35.8 Å². The molecule has 0 aromatic heterocycles. The summed E-state index contributed by atoms with van der Waals surface area (Å²) in [5.74, 6) is 0. The number of nitrogens with zero attached hydrogens (tertiary/aromatic N) is 1. The van der Waals surface area contributed by atoms with E-state index in [2.05, 4.69) is 58.2 Å². The van der Waals surface area contributed by atoms with Gasteiger partial charge in [0.1, 0.15) is 0 Å². The van der Waals surface area contributed by atoms with Crippen LogP contribution >= 0.6 is 15.9 Å². The first kappa shape index (κ1) is 11.9. The van der Waals surface area contributed by atoms with Gasteiger partial charge >= 0.3 is 0 Å². The quantitative estimate of drug-likeness (QED) is 0.852. The first-order valence-electron chi connectivity index (χ1n) is 5.91. The average Bonchev–Trinajstić information content (AvgIpc) is 2.47. The van der Waals surface area contributed by atoms with Crippen molar-refractivity contribution in [3.05, 3.63) is 28.2 Å². The maximum Gasteiger partial charge on any atom is 0.0370 e. The van der Waals surface area contributed by atoms with Gasteiger partial charge in [-0.2, -0.15) is 0 Å². The number of anilines is 1. The highest BCUT2D eigenvalue weighted by molar-refractivity contribution is 9.10. The molecule has 88 valence electrons. The molecule has 1 heterocycles. The summed E-state index contributed by atoms with van der Waals surface area (Å²) in [6.45, 7) is 7.74. The molecule has 0 radical (unpaired) electrons. The van der Waals surface area contributed by atoms with Crippen molar-refractivity contribution in [1.82, 2.24) is 5.32 Å². The van der Waals surface area contributed by atoms with Crippen molar-refractivity contribution in [2.75, 3.05) is 24.5 Å². The Morgan fingerprint density at radius 2 is 2.19 bits per heavy atom. The fraction of sp³-hybridized carbons (Fsp3) is 0.538. The third-order valence-corrected chi connectivity index (χ3v) is 4.10. The van der Waals surface area contributed by atoms with Crippen molar-refractivity contribution >= 4 is 21.6 Å². The lowest BCUT2D eigenvalue weighted by molar-refractivity contribution is 0.566. The highest BCUT2D eigenvalue weighted by atomic mass is 79.9. The van der Waals surface area contributed by atoms with Gasteiger partial charge in [-0.3, -0.25) is 0 Å². The number of aryl methyl sites for hydroxylation is 1. The first-order chi connectivity index (χ1) is 7.66. The van der Waals surface area contributed by atoms with Crippen LogP contribution in [0, 0.1) is 6.92 Å². The predicted molar refractivity (Wildman–Crippen MR) is 73.2 cm³/mol. The van der Waals surface area contributed by atoms with Gasteiger partial charge in [-0.05, 0) is 44.0 Å². The lowest BCUT2D eigenvalue weighted by Gasteiger charge is -2.23.